The van der Waals surface area contributed by atoms with Gasteiger partial charge in [0.2, 0.25) is 0 Å². The van der Waals surface area contributed by atoms with Crippen LogP contribution in [0.5, 0.6) is 0 Å². The van der Waals surface area contributed by atoms with Crippen molar-refractivity contribution in [3.63, 3.8) is 0 Å². The Kier molecular flexibility index (Phi) is 5.12. The number of hydrogen-bond donors (Lipinski definition) is 0. The molecule has 9 rings (SSSR count). The van der Waals surface area contributed by atoms with Crippen LogP contribution in [0.1, 0.15) is 48.6 Å². The minimum atomic E-state index is -0.376. The van der Waals surface area contributed by atoms with Gasteiger partial charge in [-0.1, -0.05) is 129 Å². The number of aromatic nitrogens is 1. The molecule has 44 heavy (non-hydrogen) atoms. The minimum Gasteiger partial charge on any atom is -0.309 e. The molecule has 1 aromatic heterocycles. The smallest absolute Gasteiger partial charge is 0.0779 e. The molecule has 0 N–H and O–H groups in total. The second-order valence-electron chi connectivity index (χ2n) is 12.9. The van der Waals surface area contributed by atoms with E-state index in [0.29, 0.717) is 0 Å². The quantitative estimate of drug-likeness (QED) is 0.203. The second kappa shape index (κ2) is 8.90. The van der Waals surface area contributed by atoms with E-state index in [-0.39, 0.29) is 10.8 Å². The first-order valence-electron chi connectivity index (χ1n) is 15.5. The number of nitrogens with zero attached hydrogens (tertiary/aromatic N) is 2. The Balaban J connectivity index is 1.33. The van der Waals surface area contributed by atoms with Crippen LogP contribution in [0.4, 0.5) is 5.69 Å². The van der Waals surface area contributed by atoms with E-state index in [2.05, 4.69) is 165 Å². The van der Waals surface area contributed by atoms with Crippen LogP contribution in [0.25, 0.3) is 38.6 Å². The molecule has 7 aromatic rings. The number of rotatable bonds is 3. The summed E-state index contributed by atoms with van der Waals surface area (Å²) in [5.74, 6) is 0. The van der Waals surface area contributed by atoms with Gasteiger partial charge in [0.25, 0.3) is 0 Å². The first-order chi connectivity index (χ1) is 21.5. The van der Waals surface area contributed by atoms with E-state index in [1.165, 1.54) is 60.9 Å². The molecule has 2 aliphatic rings. The van der Waals surface area contributed by atoms with Gasteiger partial charge in [-0.05, 0) is 70.1 Å². The maximum absolute atomic E-state index is 5.55. The Morgan fingerprint density at radius 2 is 1.23 bits per heavy atom. The summed E-state index contributed by atoms with van der Waals surface area (Å²) in [6, 6.07) is 50.9. The van der Waals surface area contributed by atoms with Gasteiger partial charge >= 0.3 is 0 Å². The maximum Gasteiger partial charge on any atom is 0.0779 e. The molecule has 0 saturated carbocycles. The molecule has 1 aliphatic carbocycles. The summed E-state index contributed by atoms with van der Waals surface area (Å²) in [6.07, 6.45) is 0. The fraction of sp³-hybridized carbons (Fsp3) is 0.119. The summed E-state index contributed by atoms with van der Waals surface area (Å²) in [4.78, 5) is 5.55. The first kappa shape index (κ1) is 25.3. The summed E-state index contributed by atoms with van der Waals surface area (Å²) in [5.41, 5.74) is 14.5. The lowest BCUT2D eigenvalue weighted by Gasteiger charge is -2.29. The fourth-order valence-electron chi connectivity index (χ4n) is 8.04. The van der Waals surface area contributed by atoms with Crippen LogP contribution in [0.15, 0.2) is 145 Å². The highest BCUT2D eigenvalue weighted by Crippen LogP contribution is 2.53. The Bertz CT molecular complexity index is 2300. The van der Waals surface area contributed by atoms with Gasteiger partial charge in [0.05, 0.1) is 27.8 Å². The topological polar surface area (TPSA) is 17.3 Å². The molecular weight excluding hydrogens is 532 g/mol. The van der Waals surface area contributed by atoms with E-state index in [9.17, 15) is 0 Å². The highest BCUT2D eigenvalue weighted by atomic mass is 15.0. The zero-order valence-corrected chi connectivity index (χ0v) is 25.2. The van der Waals surface area contributed by atoms with Gasteiger partial charge in [0.15, 0.2) is 0 Å². The lowest BCUT2D eigenvalue weighted by atomic mass is 9.71. The molecule has 0 spiro atoms. The average Bonchev–Trinajstić information content (AvgIpc) is 3.65. The second-order valence-corrected chi connectivity index (χ2v) is 12.9. The van der Waals surface area contributed by atoms with Crippen LogP contribution in [0.2, 0.25) is 0 Å². The summed E-state index contributed by atoms with van der Waals surface area (Å²) in [5, 5.41) is 2.45. The highest BCUT2D eigenvalue weighted by Gasteiger charge is 2.43. The molecule has 0 saturated heterocycles. The molecule has 0 radical (unpaired) electrons. The zero-order valence-electron chi connectivity index (χ0n) is 25.2. The number of aliphatic imine (C=N–C) groups is 1. The number of fused-ring (bicyclic) bond motifs is 8. The average molecular weight is 565 g/mol. The SMILES string of the molecule is CC1(C)c2ccccc2-c2ccc(-n3c4ccccc4c4c5c(ccc43)C(C)(c3ccccc3)C(c3ccccc3)=N5)cc21. The van der Waals surface area contributed by atoms with Crippen molar-refractivity contribution in [1.29, 1.82) is 0 Å². The molecule has 2 heterocycles. The van der Waals surface area contributed by atoms with Crippen molar-refractivity contribution in [3.05, 3.63) is 167 Å². The van der Waals surface area contributed by atoms with Crippen LogP contribution >= 0.6 is 0 Å². The van der Waals surface area contributed by atoms with Gasteiger partial charge in [-0.25, -0.2) is 0 Å². The van der Waals surface area contributed by atoms with Crippen LogP contribution in [-0.2, 0) is 10.8 Å². The van der Waals surface area contributed by atoms with Crippen LogP contribution < -0.4 is 0 Å². The largest absolute Gasteiger partial charge is 0.309 e. The van der Waals surface area contributed by atoms with Crippen molar-refractivity contribution in [1.82, 2.24) is 4.57 Å². The standard InChI is InChI=1S/C42H32N2/c1-41(2)33-20-12-10-18-30(33)31-23-22-29(26-35(31)41)44-36-21-13-11-19-32(36)38-37(44)25-24-34-39(38)43-40(27-14-6-4-7-15-27)42(34,3)28-16-8-5-9-17-28/h4-26H,1-3H3. The van der Waals surface area contributed by atoms with Crippen molar-refractivity contribution in [2.24, 2.45) is 4.99 Å². The highest BCUT2D eigenvalue weighted by molar-refractivity contribution is 6.22. The minimum absolute atomic E-state index is 0.0612. The van der Waals surface area contributed by atoms with Gasteiger partial charge in [-0.2, -0.15) is 0 Å². The molecule has 0 fully saturated rings. The number of benzene rings is 6. The molecule has 1 unspecified atom stereocenters. The normalized spacial score (nSPS) is 17.8. The molecule has 2 nitrogen and oxygen atoms in total. The van der Waals surface area contributed by atoms with E-state index in [0.717, 1.165) is 17.0 Å². The van der Waals surface area contributed by atoms with Gasteiger partial charge in [-0.15, -0.1) is 0 Å². The lowest BCUT2D eigenvalue weighted by molar-refractivity contribution is 0.660. The van der Waals surface area contributed by atoms with E-state index in [1.807, 2.05) is 0 Å². The lowest BCUT2D eigenvalue weighted by Crippen LogP contribution is -2.31. The third kappa shape index (κ3) is 3.23. The molecule has 1 aliphatic heterocycles. The van der Waals surface area contributed by atoms with Crippen molar-refractivity contribution in [3.8, 4) is 16.8 Å². The van der Waals surface area contributed by atoms with E-state index in [4.69, 9.17) is 4.99 Å². The summed E-state index contributed by atoms with van der Waals surface area (Å²) in [7, 11) is 0. The molecule has 1 atom stereocenters. The molecule has 2 heteroatoms. The molecule has 0 bridgehead atoms. The fourth-order valence-corrected chi connectivity index (χ4v) is 8.04. The van der Waals surface area contributed by atoms with Crippen molar-refractivity contribution >= 4 is 33.2 Å². The van der Waals surface area contributed by atoms with E-state index in [1.54, 1.807) is 0 Å². The molecule has 210 valence electrons. The molecule has 0 amide bonds. The van der Waals surface area contributed by atoms with Crippen LogP contribution in [0.3, 0.4) is 0 Å². The zero-order chi connectivity index (χ0) is 29.6. The summed E-state index contributed by atoms with van der Waals surface area (Å²) < 4.78 is 2.44. The predicted molar refractivity (Wildman–Crippen MR) is 184 cm³/mol. The van der Waals surface area contributed by atoms with E-state index >= 15 is 0 Å². The molecular formula is C42H32N2. The van der Waals surface area contributed by atoms with Crippen LogP contribution in [0, 0.1) is 0 Å². The third-order valence-corrected chi connectivity index (χ3v) is 10.3. The van der Waals surface area contributed by atoms with Gasteiger partial charge in [-0.3, -0.25) is 4.99 Å². The number of hydrogen-bond acceptors (Lipinski definition) is 1. The van der Waals surface area contributed by atoms with Gasteiger partial charge < -0.3 is 4.57 Å². The van der Waals surface area contributed by atoms with Crippen LogP contribution in [-0.4, -0.2) is 10.3 Å². The summed E-state index contributed by atoms with van der Waals surface area (Å²) >= 11 is 0. The Morgan fingerprint density at radius 1 is 0.545 bits per heavy atom. The number of para-hydroxylation sites is 1. The van der Waals surface area contributed by atoms with Gasteiger partial charge in [0, 0.05) is 21.9 Å². The predicted octanol–water partition coefficient (Wildman–Crippen LogP) is 10.5. The first-order valence-corrected chi connectivity index (χ1v) is 15.5. The van der Waals surface area contributed by atoms with E-state index < -0.39 is 0 Å². The Hall–Kier alpha value is -5.21. The third-order valence-electron chi connectivity index (χ3n) is 10.3. The monoisotopic (exact) mass is 564 g/mol. The Labute approximate surface area is 258 Å². The van der Waals surface area contributed by atoms with Crippen molar-refractivity contribution in [2.75, 3.05) is 0 Å². The molecule has 6 aromatic carbocycles. The van der Waals surface area contributed by atoms with Crippen molar-refractivity contribution < 1.29 is 0 Å². The Morgan fingerprint density at radius 3 is 2.05 bits per heavy atom. The maximum atomic E-state index is 5.55. The summed E-state index contributed by atoms with van der Waals surface area (Å²) in [6.45, 7) is 7.04. The van der Waals surface area contributed by atoms with Gasteiger partial charge in [0.1, 0.15) is 0 Å². The van der Waals surface area contributed by atoms with Crippen molar-refractivity contribution in [2.45, 2.75) is 31.6 Å².